The van der Waals surface area contributed by atoms with Gasteiger partial charge in [0.25, 0.3) is 0 Å². The van der Waals surface area contributed by atoms with E-state index < -0.39 is 0 Å². The predicted molar refractivity (Wildman–Crippen MR) is 103 cm³/mol. The molecule has 2 aliphatic rings. The van der Waals surface area contributed by atoms with Gasteiger partial charge in [0.2, 0.25) is 11.8 Å². The molecule has 0 spiro atoms. The summed E-state index contributed by atoms with van der Waals surface area (Å²) in [6, 6.07) is 14.2. The molecule has 4 rings (SSSR count). The van der Waals surface area contributed by atoms with Crippen molar-refractivity contribution in [3.8, 4) is 0 Å². The Bertz CT molecular complexity index is 874. The summed E-state index contributed by atoms with van der Waals surface area (Å²) in [5, 5.41) is 0. The van der Waals surface area contributed by atoms with Crippen LogP contribution in [0.1, 0.15) is 29.5 Å². The van der Waals surface area contributed by atoms with Crippen LogP contribution in [0.5, 0.6) is 0 Å². The highest BCUT2D eigenvalue weighted by molar-refractivity contribution is 6.04. The molecule has 2 aliphatic heterocycles. The minimum Gasteiger partial charge on any atom is -0.312 e. The molecule has 0 bridgehead atoms. The first-order valence-corrected chi connectivity index (χ1v) is 9.31. The Labute approximate surface area is 154 Å². The molecular weight excluding hydrogens is 324 g/mol. The lowest BCUT2D eigenvalue weighted by molar-refractivity contribution is -0.124. The van der Waals surface area contributed by atoms with Gasteiger partial charge in [0.15, 0.2) is 0 Å². The molecule has 1 saturated heterocycles. The Morgan fingerprint density at radius 2 is 1.88 bits per heavy atom. The van der Waals surface area contributed by atoms with Crippen LogP contribution in [0.4, 0.5) is 11.4 Å². The number of nitrogens with zero attached hydrogens (tertiary/aromatic N) is 2. The number of fused-ring (bicyclic) bond motifs is 1. The van der Waals surface area contributed by atoms with Gasteiger partial charge >= 0.3 is 0 Å². The normalized spacial score (nSPS) is 19.6. The second-order valence-electron chi connectivity index (χ2n) is 7.40. The van der Waals surface area contributed by atoms with Crippen molar-refractivity contribution in [2.24, 2.45) is 5.92 Å². The topological polar surface area (TPSA) is 40.6 Å². The molecular formula is C22H24N2O2. The van der Waals surface area contributed by atoms with Crippen molar-refractivity contribution in [2.45, 2.75) is 33.1 Å². The third-order valence-corrected chi connectivity index (χ3v) is 5.65. The number of para-hydroxylation sites is 1. The number of anilines is 2. The molecule has 0 unspecified atom stereocenters. The maximum atomic E-state index is 13.2. The average Bonchev–Trinajstić information content (AvgIpc) is 3.04. The minimum absolute atomic E-state index is 0.0388. The van der Waals surface area contributed by atoms with Crippen LogP contribution < -0.4 is 9.80 Å². The molecule has 134 valence electrons. The van der Waals surface area contributed by atoms with Crippen molar-refractivity contribution in [1.29, 1.82) is 0 Å². The lowest BCUT2D eigenvalue weighted by Gasteiger charge is -2.31. The van der Waals surface area contributed by atoms with Crippen molar-refractivity contribution >= 4 is 23.2 Å². The number of amides is 2. The summed E-state index contributed by atoms with van der Waals surface area (Å²) < 4.78 is 0. The standard InChI is InChI=1S/C22H24N2O2/c1-15-9-10-19(12-16(15)2)24-14-18(13-21(24)25)22(26)23-11-5-7-17-6-3-4-8-20(17)23/h3-4,6,8-10,12,18H,5,7,11,13-14H2,1-2H3/t18-/m0/s1. The van der Waals surface area contributed by atoms with Gasteiger partial charge in [-0.15, -0.1) is 0 Å². The SMILES string of the molecule is Cc1ccc(N2C[C@@H](C(=O)N3CCCc4ccccc43)CC2=O)cc1C. The molecule has 0 radical (unpaired) electrons. The Morgan fingerprint density at radius 3 is 2.69 bits per heavy atom. The minimum atomic E-state index is -0.268. The molecule has 2 aromatic carbocycles. The van der Waals surface area contributed by atoms with Gasteiger partial charge in [0.05, 0.1) is 5.92 Å². The Morgan fingerprint density at radius 1 is 1.08 bits per heavy atom. The third kappa shape index (κ3) is 2.90. The van der Waals surface area contributed by atoms with E-state index in [1.165, 1.54) is 11.1 Å². The lowest BCUT2D eigenvalue weighted by atomic mass is 9.99. The second-order valence-corrected chi connectivity index (χ2v) is 7.40. The maximum Gasteiger partial charge on any atom is 0.232 e. The van der Waals surface area contributed by atoms with Gasteiger partial charge in [-0.25, -0.2) is 0 Å². The van der Waals surface area contributed by atoms with Crippen LogP contribution in [0.2, 0.25) is 0 Å². The maximum absolute atomic E-state index is 13.2. The van der Waals surface area contributed by atoms with E-state index in [9.17, 15) is 9.59 Å². The average molecular weight is 348 g/mol. The first kappa shape index (κ1) is 16.8. The number of benzene rings is 2. The van der Waals surface area contributed by atoms with Crippen LogP contribution in [-0.2, 0) is 16.0 Å². The van der Waals surface area contributed by atoms with Crippen molar-refractivity contribution in [3.05, 3.63) is 59.2 Å². The summed E-state index contributed by atoms with van der Waals surface area (Å²) in [5.74, 6) is -0.149. The number of aryl methyl sites for hydroxylation is 3. The predicted octanol–water partition coefficient (Wildman–Crippen LogP) is 3.64. The van der Waals surface area contributed by atoms with E-state index in [0.717, 1.165) is 36.3 Å². The molecule has 1 fully saturated rings. The molecule has 2 aromatic rings. The number of hydrogen-bond donors (Lipinski definition) is 0. The molecule has 1 atom stereocenters. The van der Waals surface area contributed by atoms with Crippen molar-refractivity contribution in [3.63, 3.8) is 0 Å². The van der Waals surface area contributed by atoms with Gasteiger partial charge in [-0.2, -0.15) is 0 Å². The molecule has 2 heterocycles. The van der Waals surface area contributed by atoms with Crippen LogP contribution in [0, 0.1) is 19.8 Å². The summed E-state index contributed by atoms with van der Waals surface area (Å²) in [7, 11) is 0. The van der Waals surface area contributed by atoms with Crippen LogP contribution in [0.25, 0.3) is 0 Å². The molecule has 0 aliphatic carbocycles. The first-order chi connectivity index (χ1) is 12.5. The fraction of sp³-hybridized carbons (Fsp3) is 0.364. The van der Waals surface area contributed by atoms with Gasteiger partial charge in [-0.1, -0.05) is 24.3 Å². The Balaban J connectivity index is 1.56. The summed E-state index contributed by atoms with van der Waals surface area (Å²) in [4.78, 5) is 29.4. The van der Waals surface area contributed by atoms with Crippen molar-refractivity contribution < 1.29 is 9.59 Å². The Hall–Kier alpha value is -2.62. The summed E-state index contributed by atoms with van der Waals surface area (Å²) in [5.41, 5.74) is 5.50. The molecule has 26 heavy (non-hydrogen) atoms. The number of rotatable bonds is 2. The highest BCUT2D eigenvalue weighted by Gasteiger charge is 2.38. The summed E-state index contributed by atoms with van der Waals surface area (Å²) >= 11 is 0. The molecule has 2 amide bonds. The zero-order valence-corrected chi connectivity index (χ0v) is 15.4. The smallest absolute Gasteiger partial charge is 0.232 e. The van der Waals surface area contributed by atoms with Gasteiger partial charge in [0, 0.05) is 30.9 Å². The van der Waals surface area contributed by atoms with E-state index in [1.807, 2.05) is 48.2 Å². The zero-order valence-electron chi connectivity index (χ0n) is 15.4. The molecule has 0 N–H and O–H groups in total. The summed E-state index contributed by atoms with van der Waals surface area (Å²) in [6.45, 7) is 5.32. The van der Waals surface area contributed by atoms with Crippen LogP contribution in [-0.4, -0.2) is 24.9 Å². The highest BCUT2D eigenvalue weighted by Crippen LogP contribution is 2.32. The van der Waals surface area contributed by atoms with E-state index in [-0.39, 0.29) is 17.7 Å². The van der Waals surface area contributed by atoms with E-state index in [2.05, 4.69) is 13.0 Å². The Kier molecular flexibility index (Phi) is 4.27. The monoisotopic (exact) mass is 348 g/mol. The molecule has 4 nitrogen and oxygen atoms in total. The van der Waals surface area contributed by atoms with Gasteiger partial charge < -0.3 is 9.80 Å². The number of carbonyl (C=O) groups is 2. The van der Waals surface area contributed by atoms with Gasteiger partial charge in [-0.05, 0) is 61.6 Å². The van der Waals surface area contributed by atoms with E-state index in [1.54, 1.807) is 4.90 Å². The van der Waals surface area contributed by atoms with E-state index >= 15 is 0 Å². The van der Waals surface area contributed by atoms with Crippen LogP contribution >= 0.6 is 0 Å². The zero-order chi connectivity index (χ0) is 18.3. The van der Waals surface area contributed by atoms with Crippen LogP contribution in [0.15, 0.2) is 42.5 Å². The molecule has 0 aromatic heterocycles. The summed E-state index contributed by atoms with van der Waals surface area (Å²) in [6.07, 6.45) is 2.28. The highest BCUT2D eigenvalue weighted by atomic mass is 16.2. The lowest BCUT2D eigenvalue weighted by Crippen LogP contribution is -2.40. The largest absolute Gasteiger partial charge is 0.312 e. The van der Waals surface area contributed by atoms with Gasteiger partial charge in [0.1, 0.15) is 0 Å². The molecule has 4 heteroatoms. The quantitative estimate of drug-likeness (QED) is 0.831. The van der Waals surface area contributed by atoms with Gasteiger partial charge in [-0.3, -0.25) is 9.59 Å². The fourth-order valence-corrected chi connectivity index (χ4v) is 4.00. The second kappa shape index (κ2) is 6.60. The fourth-order valence-electron chi connectivity index (χ4n) is 4.00. The van der Waals surface area contributed by atoms with Crippen molar-refractivity contribution in [2.75, 3.05) is 22.9 Å². The number of hydrogen-bond acceptors (Lipinski definition) is 2. The first-order valence-electron chi connectivity index (χ1n) is 9.31. The number of carbonyl (C=O) groups excluding carboxylic acids is 2. The van der Waals surface area contributed by atoms with E-state index in [0.29, 0.717) is 13.0 Å². The van der Waals surface area contributed by atoms with E-state index in [4.69, 9.17) is 0 Å². The van der Waals surface area contributed by atoms with Crippen LogP contribution in [0.3, 0.4) is 0 Å². The van der Waals surface area contributed by atoms with Crippen molar-refractivity contribution in [1.82, 2.24) is 0 Å². The third-order valence-electron chi connectivity index (χ3n) is 5.65. The molecule has 0 saturated carbocycles.